The topological polar surface area (TPSA) is 62.4 Å². The summed E-state index contributed by atoms with van der Waals surface area (Å²) < 4.78 is 0. The SMILES string of the molecule is Cc1ccc(NC(=NC(C)N)Nc2ccc(C)cc2)cc1. The molecule has 0 radical (unpaired) electrons. The summed E-state index contributed by atoms with van der Waals surface area (Å²) in [7, 11) is 0. The molecule has 0 aromatic heterocycles. The molecule has 0 aliphatic heterocycles. The fraction of sp³-hybridized carbons (Fsp3) is 0.235. The van der Waals surface area contributed by atoms with E-state index in [4.69, 9.17) is 5.73 Å². The van der Waals surface area contributed by atoms with Gasteiger partial charge in [0, 0.05) is 11.4 Å². The molecule has 2 aromatic rings. The highest BCUT2D eigenvalue weighted by Crippen LogP contribution is 2.12. The van der Waals surface area contributed by atoms with E-state index in [0.717, 1.165) is 11.4 Å². The molecule has 1 unspecified atom stereocenters. The van der Waals surface area contributed by atoms with Crippen LogP contribution in [-0.2, 0) is 0 Å². The van der Waals surface area contributed by atoms with Crippen LogP contribution >= 0.6 is 0 Å². The Bertz CT molecular complexity index is 548. The number of rotatable bonds is 3. The minimum atomic E-state index is -0.282. The van der Waals surface area contributed by atoms with Gasteiger partial charge in [-0.3, -0.25) is 0 Å². The van der Waals surface area contributed by atoms with Crippen molar-refractivity contribution in [3.05, 3.63) is 59.7 Å². The molecular weight excluding hydrogens is 260 g/mol. The molecule has 21 heavy (non-hydrogen) atoms. The van der Waals surface area contributed by atoms with Crippen molar-refractivity contribution in [2.24, 2.45) is 10.7 Å². The molecule has 0 aliphatic rings. The largest absolute Gasteiger partial charge is 0.326 e. The number of guanidine groups is 1. The van der Waals surface area contributed by atoms with Gasteiger partial charge in [-0.15, -0.1) is 0 Å². The zero-order valence-electron chi connectivity index (χ0n) is 12.7. The Balaban J connectivity index is 2.15. The maximum absolute atomic E-state index is 5.78. The molecule has 0 spiro atoms. The summed E-state index contributed by atoms with van der Waals surface area (Å²) in [5, 5.41) is 6.52. The molecule has 0 aliphatic carbocycles. The zero-order valence-corrected chi connectivity index (χ0v) is 12.7. The highest BCUT2D eigenvalue weighted by atomic mass is 15.2. The van der Waals surface area contributed by atoms with Gasteiger partial charge >= 0.3 is 0 Å². The van der Waals surface area contributed by atoms with E-state index in [0.29, 0.717) is 5.96 Å². The third kappa shape index (κ3) is 4.93. The Morgan fingerprint density at radius 1 is 0.857 bits per heavy atom. The van der Waals surface area contributed by atoms with E-state index in [1.165, 1.54) is 11.1 Å². The van der Waals surface area contributed by atoms with E-state index < -0.39 is 0 Å². The first-order valence-electron chi connectivity index (χ1n) is 7.04. The van der Waals surface area contributed by atoms with Gasteiger partial charge < -0.3 is 16.4 Å². The first-order chi connectivity index (χ1) is 10.0. The average Bonchev–Trinajstić information content (AvgIpc) is 2.43. The lowest BCUT2D eigenvalue weighted by Crippen LogP contribution is -2.26. The van der Waals surface area contributed by atoms with Gasteiger partial charge in [-0.1, -0.05) is 35.4 Å². The fourth-order valence-corrected chi connectivity index (χ4v) is 1.85. The molecule has 0 heterocycles. The van der Waals surface area contributed by atoms with E-state index in [-0.39, 0.29) is 6.17 Å². The van der Waals surface area contributed by atoms with Crippen LogP contribution in [-0.4, -0.2) is 12.1 Å². The summed E-state index contributed by atoms with van der Waals surface area (Å²) in [5.74, 6) is 0.637. The molecule has 0 fully saturated rings. The third-order valence-electron chi connectivity index (χ3n) is 2.96. The van der Waals surface area contributed by atoms with Gasteiger partial charge in [0.25, 0.3) is 0 Å². The van der Waals surface area contributed by atoms with E-state index in [1.807, 2.05) is 31.2 Å². The van der Waals surface area contributed by atoms with Crippen LogP contribution in [0.2, 0.25) is 0 Å². The highest BCUT2D eigenvalue weighted by molar-refractivity contribution is 6.03. The third-order valence-corrected chi connectivity index (χ3v) is 2.96. The number of benzene rings is 2. The van der Waals surface area contributed by atoms with Crippen LogP contribution in [0.3, 0.4) is 0 Å². The summed E-state index contributed by atoms with van der Waals surface area (Å²) in [5.41, 5.74) is 10.2. The predicted molar refractivity (Wildman–Crippen MR) is 90.7 cm³/mol. The number of aliphatic imine (C=N–C) groups is 1. The predicted octanol–water partition coefficient (Wildman–Crippen LogP) is 3.49. The minimum Gasteiger partial charge on any atom is -0.326 e. The Labute approximate surface area is 126 Å². The van der Waals surface area contributed by atoms with Crippen LogP contribution < -0.4 is 16.4 Å². The van der Waals surface area contributed by atoms with Gasteiger partial charge in [-0.2, -0.15) is 0 Å². The number of nitrogens with one attached hydrogen (secondary N) is 2. The maximum Gasteiger partial charge on any atom is 0.201 e. The molecule has 2 aromatic carbocycles. The highest BCUT2D eigenvalue weighted by Gasteiger charge is 2.03. The molecule has 0 saturated carbocycles. The summed E-state index contributed by atoms with van der Waals surface area (Å²) in [4.78, 5) is 4.38. The summed E-state index contributed by atoms with van der Waals surface area (Å²) in [6.07, 6.45) is -0.282. The quantitative estimate of drug-likeness (QED) is 0.596. The van der Waals surface area contributed by atoms with Crippen LogP contribution in [0.4, 0.5) is 11.4 Å². The lowest BCUT2D eigenvalue weighted by Gasteiger charge is -2.14. The summed E-state index contributed by atoms with van der Waals surface area (Å²) >= 11 is 0. The van der Waals surface area contributed by atoms with Crippen molar-refractivity contribution in [1.29, 1.82) is 0 Å². The van der Waals surface area contributed by atoms with Gasteiger partial charge in [0.2, 0.25) is 5.96 Å². The molecule has 2 rings (SSSR count). The molecule has 0 saturated heterocycles. The molecule has 4 nitrogen and oxygen atoms in total. The Morgan fingerprint density at radius 2 is 1.24 bits per heavy atom. The molecular formula is C17H22N4. The normalized spacial score (nSPS) is 11.6. The first-order valence-corrected chi connectivity index (χ1v) is 7.04. The van der Waals surface area contributed by atoms with Gasteiger partial charge in [0.05, 0.1) is 6.17 Å². The summed E-state index contributed by atoms with van der Waals surface area (Å²) in [6.45, 7) is 5.96. The second kappa shape index (κ2) is 6.90. The van der Waals surface area contributed by atoms with Gasteiger partial charge in [0.1, 0.15) is 0 Å². The van der Waals surface area contributed by atoms with Crippen molar-refractivity contribution >= 4 is 17.3 Å². The van der Waals surface area contributed by atoms with Gasteiger partial charge in [0.15, 0.2) is 0 Å². The smallest absolute Gasteiger partial charge is 0.201 e. The van der Waals surface area contributed by atoms with Crippen LogP contribution in [0.25, 0.3) is 0 Å². The first kappa shape index (κ1) is 15.1. The van der Waals surface area contributed by atoms with Gasteiger partial charge in [-0.05, 0) is 45.0 Å². The number of nitrogens with two attached hydrogens (primary N) is 1. The average molecular weight is 282 g/mol. The Kier molecular flexibility index (Phi) is 4.95. The van der Waals surface area contributed by atoms with Crippen LogP contribution in [0.15, 0.2) is 53.5 Å². The lowest BCUT2D eigenvalue weighted by molar-refractivity contribution is 0.792. The lowest BCUT2D eigenvalue weighted by atomic mass is 10.2. The van der Waals surface area contributed by atoms with Crippen LogP contribution in [0.5, 0.6) is 0 Å². The number of aryl methyl sites for hydroxylation is 2. The zero-order chi connectivity index (χ0) is 15.2. The second-order valence-electron chi connectivity index (χ2n) is 5.20. The summed E-state index contributed by atoms with van der Waals surface area (Å²) in [6, 6.07) is 16.3. The van der Waals surface area contributed by atoms with E-state index in [9.17, 15) is 0 Å². The second-order valence-corrected chi connectivity index (χ2v) is 5.20. The monoisotopic (exact) mass is 282 g/mol. The Hall–Kier alpha value is -2.33. The van der Waals surface area contributed by atoms with Crippen molar-refractivity contribution < 1.29 is 0 Å². The van der Waals surface area contributed by atoms with Crippen molar-refractivity contribution in [3.8, 4) is 0 Å². The van der Waals surface area contributed by atoms with Crippen LogP contribution in [0.1, 0.15) is 18.1 Å². The van der Waals surface area contributed by atoms with E-state index >= 15 is 0 Å². The molecule has 1 atom stereocenters. The molecule has 0 amide bonds. The fourth-order valence-electron chi connectivity index (χ4n) is 1.85. The van der Waals surface area contributed by atoms with E-state index in [1.54, 1.807) is 0 Å². The maximum atomic E-state index is 5.78. The van der Waals surface area contributed by atoms with Crippen molar-refractivity contribution in [3.63, 3.8) is 0 Å². The number of anilines is 2. The van der Waals surface area contributed by atoms with E-state index in [2.05, 4.69) is 53.7 Å². The number of hydrogen-bond donors (Lipinski definition) is 3. The molecule has 0 bridgehead atoms. The molecule has 110 valence electrons. The number of nitrogens with zero attached hydrogens (tertiary/aromatic N) is 1. The van der Waals surface area contributed by atoms with Crippen molar-refractivity contribution in [1.82, 2.24) is 0 Å². The molecule has 4 heteroatoms. The standard InChI is InChI=1S/C17H22N4/c1-12-4-8-15(9-5-12)20-17(19-14(3)18)21-16-10-6-13(2)7-11-16/h4-11,14H,18H2,1-3H3,(H2,19,20,21). The minimum absolute atomic E-state index is 0.282. The Morgan fingerprint density at radius 3 is 1.57 bits per heavy atom. The van der Waals surface area contributed by atoms with Crippen molar-refractivity contribution in [2.45, 2.75) is 26.9 Å². The number of hydrogen-bond acceptors (Lipinski definition) is 2. The molecule has 4 N–H and O–H groups in total. The van der Waals surface area contributed by atoms with Gasteiger partial charge in [-0.25, -0.2) is 4.99 Å². The van der Waals surface area contributed by atoms with Crippen molar-refractivity contribution in [2.75, 3.05) is 10.6 Å². The van der Waals surface area contributed by atoms with Crippen LogP contribution in [0, 0.1) is 13.8 Å².